The zero-order valence-electron chi connectivity index (χ0n) is 16.4. The summed E-state index contributed by atoms with van der Waals surface area (Å²) >= 11 is 0. The summed E-state index contributed by atoms with van der Waals surface area (Å²) in [6.07, 6.45) is 8.53. The molecule has 5 nitrogen and oxygen atoms in total. The smallest absolute Gasteiger partial charge is 0.272 e. The molecule has 27 heavy (non-hydrogen) atoms. The first-order valence-electron chi connectivity index (χ1n) is 10.2. The Kier molecular flexibility index (Phi) is 5.30. The number of hydrogen-bond acceptors (Lipinski definition) is 3. The molecule has 1 aromatic carbocycles. The number of nitrogens with zero attached hydrogens (tertiary/aromatic N) is 4. The average Bonchev–Trinajstić information content (AvgIpc) is 3.24. The molecule has 144 valence electrons. The van der Waals surface area contributed by atoms with Crippen LogP contribution in [0.15, 0.2) is 42.6 Å². The standard InChI is InChI=1S/C22H30N4O/c1-24-14-8-4-7-11-19-21(24)16-18(15-17-9-5-3-6-10-17)26(19)22(27)20-12-13-23-25(20)2/h3,5-6,9-10,12-13,18-19,21H,4,7-8,11,14-16H2,1-2H3/t18-,19-,21+/m1/s1. The first-order chi connectivity index (χ1) is 13.1. The van der Waals surface area contributed by atoms with Gasteiger partial charge < -0.3 is 9.80 Å². The molecule has 0 saturated carbocycles. The van der Waals surface area contributed by atoms with Gasteiger partial charge in [-0.15, -0.1) is 0 Å². The van der Waals surface area contributed by atoms with Crippen LogP contribution < -0.4 is 0 Å². The molecule has 3 heterocycles. The number of likely N-dealkylation sites (N-methyl/N-ethyl adjacent to an activating group) is 1. The number of aromatic nitrogens is 2. The second-order valence-corrected chi connectivity index (χ2v) is 8.10. The van der Waals surface area contributed by atoms with Gasteiger partial charge in [0, 0.05) is 31.4 Å². The summed E-state index contributed by atoms with van der Waals surface area (Å²) in [6.45, 7) is 1.13. The third-order valence-electron chi connectivity index (χ3n) is 6.37. The van der Waals surface area contributed by atoms with Crippen molar-refractivity contribution in [1.82, 2.24) is 19.6 Å². The third-order valence-corrected chi connectivity index (χ3v) is 6.37. The van der Waals surface area contributed by atoms with Gasteiger partial charge >= 0.3 is 0 Å². The molecule has 0 aliphatic carbocycles. The minimum Gasteiger partial charge on any atom is -0.329 e. The lowest BCUT2D eigenvalue weighted by Crippen LogP contribution is -2.48. The van der Waals surface area contributed by atoms with Crippen molar-refractivity contribution in [2.75, 3.05) is 13.6 Å². The van der Waals surface area contributed by atoms with Gasteiger partial charge in [-0.2, -0.15) is 5.10 Å². The van der Waals surface area contributed by atoms with Crippen molar-refractivity contribution in [2.24, 2.45) is 7.05 Å². The number of carbonyl (C=O) groups excluding carboxylic acids is 1. The molecular weight excluding hydrogens is 336 g/mol. The monoisotopic (exact) mass is 366 g/mol. The Morgan fingerprint density at radius 2 is 1.89 bits per heavy atom. The second-order valence-electron chi connectivity index (χ2n) is 8.10. The highest BCUT2D eigenvalue weighted by Crippen LogP contribution is 2.35. The van der Waals surface area contributed by atoms with E-state index in [0.717, 1.165) is 25.8 Å². The fourth-order valence-corrected chi connectivity index (χ4v) is 4.97. The van der Waals surface area contributed by atoms with Crippen molar-refractivity contribution in [3.63, 3.8) is 0 Å². The maximum Gasteiger partial charge on any atom is 0.272 e. The number of hydrogen-bond donors (Lipinski definition) is 0. The Hall–Kier alpha value is -2.14. The summed E-state index contributed by atoms with van der Waals surface area (Å²) in [7, 11) is 4.10. The summed E-state index contributed by atoms with van der Waals surface area (Å²) in [6, 6.07) is 13.4. The number of benzene rings is 1. The molecule has 1 aromatic heterocycles. The van der Waals surface area contributed by atoms with Gasteiger partial charge in [0.25, 0.3) is 5.91 Å². The van der Waals surface area contributed by atoms with Crippen LogP contribution in [0.4, 0.5) is 0 Å². The van der Waals surface area contributed by atoms with Crippen LogP contribution in [-0.2, 0) is 13.5 Å². The van der Waals surface area contributed by atoms with Crippen LogP contribution in [-0.4, -0.2) is 57.2 Å². The molecule has 2 fully saturated rings. The predicted molar refractivity (Wildman–Crippen MR) is 107 cm³/mol. The van der Waals surface area contributed by atoms with E-state index in [4.69, 9.17) is 0 Å². The molecule has 2 aromatic rings. The van der Waals surface area contributed by atoms with Crippen LogP contribution in [0.3, 0.4) is 0 Å². The van der Waals surface area contributed by atoms with Gasteiger partial charge in [-0.05, 0) is 50.9 Å². The normalized spacial score (nSPS) is 26.4. The predicted octanol–water partition coefficient (Wildman–Crippen LogP) is 3.12. The van der Waals surface area contributed by atoms with Gasteiger partial charge in [0.05, 0.1) is 0 Å². The van der Waals surface area contributed by atoms with Gasteiger partial charge in [-0.25, -0.2) is 0 Å². The zero-order valence-corrected chi connectivity index (χ0v) is 16.4. The van der Waals surface area contributed by atoms with Crippen LogP contribution in [0.25, 0.3) is 0 Å². The Bertz CT molecular complexity index is 772. The van der Waals surface area contributed by atoms with Gasteiger partial charge in [0.15, 0.2) is 0 Å². The number of rotatable bonds is 3. The van der Waals surface area contributed by atoms with E-state index >= 15 is 0 Å². The van der Waals surface area contributed by atoms with Crippen molar-refractivity contribution in [3.8, 4) is 0 Å². The maximum atomic E-state index is 13.5. The minimum absolute atomic E-state index is 0.136. The Labute approximate surface area is 162 Å². The molecule has 0 bridgehead atoms. The molecule has 2 saturated heterocycles. The summed E-state index contributed by atoms with van der Waals surface area (Å²) in [5.74, 6) is 0.136. The van der Waals surface area contributed by atoms with E-state index in [2.05, 4.69) is 52.3 Å². The quantitative estimate of drug-likeness (QED) is 0.838. The molecule has 5 heteroatoms. The molecule has 4 rings (SSSR count). The highest BCUT2D eigenvalue weighted by molar-refractivity contribution is 5.93. The first kappa shape index (κ1) is 18.2. The third kappa shape index (κ3) is 3.65. The molecule has 2 aliphatic heterocycles. The van der Waals surface area contributed by atoms with Crippen molar-refractivity contribution in [2.45, 2.75) is 56.7 Å². The van der Waals surface area contributed by atoms with Crippen molar-refractivity contribution in [1.29, 1.82) is 0 Å². The number of amides is 1. The zero-order chi connectivity index (χ0) is 18.8. The lowest BCUT2D eigenvalue weighted by molar-refractivity contribution is 0.0593. The molecule has 2 aliphatic rings. The minimum atomic E-state index is 0.136. The van der Waals surface area contributed by atoms with Crippen molar-refractivity contribution >= 4 is 5.91 Å². The van der Waals surface area contributed by atoms with Crippen LogP contribution >= 0.6 is 0 Å². The number of likely N-dealkylation sites (tertiary alicyclic amines) is 2. The molecule has 0 unspecified atom stereocenters. The highest BCUT2D eigenvalue weighted by Gasteiger charge is 2.45. The Morgan fingerprint density at radius 1 is 1.07 bits per heavy atom. The lowest BCUT2D eigenvalue weighted by atomic mass is 9.96. The topological polar surface area (TPSA) is 41.4 Å². The van der Waals surface area contributed by atoms with E-state index in [-0.39, 0.29) is 11.9 Å². The number of aryl methyl sites for hydroxylation is 1. The van der Waals surface area contributed by atoms with Crippen LogP contribution in [0.5, 0.6) is 0 Å². The summed E-state index contributed by atoms with van der Waals surface area (Å²) in [4.78, 5) is 18.2. The van der Waals surface area contributed by atoms with E-state index in [0.29, 0.717) is 17.8 Å². The van der Waals surface area contributed by atoms with E-state index in [1.54, 1.807) is 10.9 Å². The SMILES string of the molecule is CN1CCCCC[C@@H]2[C@@H]1C[C@@H](Cc1ccccc1)N2C(=O)c1ccnn1C. The van der Waals surface area contributed by atoms with Gasteiger partial charge in [0.2, 0.25) is 0 Å². The lowest BCUT2D eigenvalue weighted by Gasteiger charge is -2.36. The largest absolute Gasteiger partial charge is 0.329 e. The van der Waals surface area contributed by atoms with E-state index < -0.39 is 0 Å². The summed E-state index contributed by atoms with van der Waals surface area (Å²) < 4.78 is 1.71. The Balaban J connectivity index is 1.66. The van der Waals surface area contributed by atoms with E-state index in [1.165, 1.54) is 24.8 Å². The number of fused-ring (bicyclic) bond motifs is 1. The highest BCUT2D eigenvalue weighted by atomic mass is 16.2. The van der Waals surface area contributed by atoms with Gasteiger partial charge in [0.1, 0.15) is 5.69 Å². The van der Waals surface area contributed by atoms with Gasteiger partial charge in [-0.1, -0.05) is 43.2 Å². The molecule has 0 radical (unpaired) electrons. The first-order valence-corrected chi connectivity index (χ1v) is 10.2. The van der Waals surface area contributed by atoms with Crippen LogP contribution in [0, 0.1) is 0 Å². The average molecular weight is 367 g/mol. The van der Waals surface area contributed by atoms with Gasteiger partial charge in [-0.3, -0.25) is 9.48 Å². The van der Waals surface area contributed by atoms with Crippen molar-refractivity contribution in [3.05, 3.63) is 53.9 Å². The van der Waals surface area contributed by atoms with E-state index in [1.807, 2.05) is 13.1 Å². The van der Waals surface area contributed by atoms with Crippen LogP contribution in [0.2, 0.25) is 0 Å². The molecule has 0 N–H and O–H groups in total. The Morgan fingerprint density at radius 3 is 2.63 bits per heavy atom. The number of carbonyl (C=O) groups is 1. The van der Waals surface area contributed by atoms with Crippen LogP contribution in [0.1, 0.15) is 48.2 Å². The molecule has 0 spiro atoms. The van der Waals surface area contributed by atoms with Crippen molar-refractivity contribution < 1.29 is 4.79 Å². The maximum absolute atomic E-state index is 13.5. The molecule has 3 atom stereocenters. The summed E-state index contributed by atoms with van der Waals surface area (Å²) in [5.41, 5.74) is 2.00. The van der Waals surface area contributed by atoms with E-state index in [9.17, 15) is 4.79 Å². The molecular formula is C22H30N4O. The fraction of sp³-hybridized carbons (Fsp3) is 0.545. The second kappa shape index (κ2) is 7.85. The molecule has 1 amide bonds. The summed E-state index contributed by atoms with van der Waals surface area (Å²) in [5, 5.41) is 4.23. The fourth-order valence-electron chi connectivity index (χ4n) is 4.97.